The number of nitrogens with zero attached hydrogens (tertiary/aromatic N) is 2. The van der Waals surface area contributed by atoms with Gasteiger partial charge in [-0.15, -0.1) is 0 Å². The molecule has 2 aromatic carbocycles. The molecule has 1 unspecified atom stereocenters. The smallest absolute Gasteiger partial charge is 0.255 e. The zero-order valence-corrected chi connectivity index (χ0v) is 15.4. The summed E-state index contributed by atoms with van der Waals surface area (Å²) in [6.07, 6.45) is 2.25. The lowest BCUT2D eigenvalue weighted by Crippen LogP contribution is -2.52. The van der Waals surface area contributed by atoms with Gasteiger partial charge in [0, 0.05) is 29.7 Å². The number of benzene rings is 2. The first-order valence-electron chi connectivity index (χ1n) is 9.40. The van der Waals surface area contributed by atoms with E-state index in [2.05, 4.69) is 10.5 Å². The van der Waals surface area contributed by atoms with Crippen molar-refractivity contribution in [1.29, 1.82) is 0 Å². The second-order valence-corrected chi connectivity index (χ2v) is 7.21. The lowest BCUT2D eigenvalue weighted by molar-refractivity contribution is -0.136. The summed E-state index contributed by atoms with van der Waals surface area (Å²) in [4.78, 5) is 38.0. The highest BCUT2D eigenvalue weighted by molar-refractivity contribution is 6.05. The van der Waals surface area contributed by atoms with Crippen LogP contribution >= 0.6 is 0 Å². The first-order chi connectivity index (χ1) is 14.1. The molecule has 5 rings (SSSR count). The summed E-state index contributed by atoms with van der Waals surface area (Å²) in [6, 6.07) is 14.7. The second-order valence-electron chi connectivity index (χ2n) is 7.21. The van der Waals surface area contributed by atoms with E-state index < -0.39 is 11.9 Å². The average molecular weight is 387 g/mol. The van der Waals surface area contributed by atoms with Crippen molar-refractivity contribution < 1.29 is 18.9 Å². The third-order valence-corrected chi connectivity index (χ3v) is 5.44. The van der Waals surface area contributed by atoms with E-state index in [9.17, 15) is 14.4 Å². The molecule has 1 saturated heterocycles. The van der Waals surface area contributed by atoms with Gasteiger partial charge in [-0.3, -0.25) is 19.7 Å². The van der Waals surface area contributed by atoms with Crippen molar-refractivity contribution in [2.24, 2.45) is 0 Å². The van der Waals surface area contributed by atoms with Crippen LogP contribution in [0.15, 0.2) is 59.3 Å². The number of piperidine rings is 1. The molecule has 144 valence electrons. The van der Waals surface area contributed by atoms with E-state index in [1.165, 1.54) is 0 Å². The Bertz CT molecular complexity index is 1140. The lowest BCUT2D eigenvalue weighted by Gasteiger charge is -2.29. The van der Waals surface area contributed by atoms with Gasteiger partial charge in [0.05, 0.1) is 6.20 Å². The number of nitrogens with one attached hydrogen (secondary N) is 1. The van der Waals surface area contributed by atoms with Gasteiger partial charge in [-0.05, 0) is 29.7 Å². The summed E-state index contributed by atoms with van der Waals surface area (Å²) < 4.78 is 5.47. The van der Waals surface area contributed by atoms with Crippen molar-refractivity contribution in [2.45, 2.75) is 25.4 Å². The molecule has 7 heteroatoms. The van der Waals surface area contributed by atoms with Gasteiger partial charge in [0.1, 0.15) is 6.04 Å². The standard InChI is InChI=1S/C22H17N3O4/c26-19-9-8-18(21(27)24-19)25-12-15-10-14(6-7-16(15)22(25)28)17-11-23-29-20(17)13-4-2-1-3-5-13/h1-7,10-11,18H,8-9,12H2,(H,24,26,27). The first kappa shape index (κ1) is 17.4. The molecule has 3 heterocycles. The molecule has 1 atom stereocenters. The van der Waals surface area contributed by atoms with Crippen molar-refractivity contribution in [3.63, 3.8) is 0 Å². The third kappa shape index (κ3) is 2.91. The van der Waals surface area contributed by atoms with Gasteiger partial charge < -0.3 is 9.42 Å². The normalized spacial score (nSPS) is 18.7. The molecule has 0 aliphatic carbocycles. The Kier molecular flexibility index (Phi) is 4.01. The quantitative estimate of drug-likeness (QED) is 0.698. The van der Waals surface area contributed by atoms with Crippen LogP contribution in [0, 0.1) is 0 Å². The Labute approximate surface area is 166 Å². The SMILES string of the molecule is O=C1CCC(N2Cc3cc(-c4cnoc4-c4ccccc4)ccc3C2=O)C(=O)N1. The maximum atomic E-state index is 12.8. The summed E-state index contributed by atoms with van der Waals surface area (Å²) in [5.74, 6) is -0.224. The van der Waals surface area contributed by atoms with Crippen LogP contribution in [0.1, 0.15) is 28.8 Å². The maximum Gasteiger partial charge on any atom is 0.255 e. The van der Waals surface area contributed by atoms with E-state index in [1.807, 2.05) is 42.5 Å². The van der Waals surface area contributed by atoms with Gasteiger partial charge in [0.25, 0.3) is 5.91 Å². The summed E-state index contributed by atoms with van der Waals surface area (Å²) in [5.41, 5.74) is 4.07. The number of fused-ring (bicyclic) bond motifs is 1. The Morgan fingerprint density at radius 3 is 2.62 bits per heavy atom. The van der Waals surface area contributed by atoms with Crippen LogP contribution in [-0.4, -0.2) is 33.8 Å². The van der Waals surface area contributed by atoms with Crippen LogP contribution in [0.4, 0.5) is 0 Å². The summed E-state index contributed by atoms with van der Waals surface area (Å²) in [7, 11) is 0. The molecule has 3 amide bonds. The molecule has 1 N–H and O–H groups in total. The highest BCUT2D eigenvalue weighted by Crippen LogP contribution is 2.35. The van der Waals surface area contributed by atoms with Crippen LogP contribution in [-0.2, 0) is 16.1 Å². The molecule has 3 aromatic rings. The van der Waals surface area contributed by atoms with Crippen LogP contribution < -0.4 is 5.32 Å². The number of carbonyl (C=O) groups excluding carboxylic acids is 3. The van der Waals surface area contributed by atoms with Gasteiger partial charge in [-0.2, -0.15) is 0 Å². The van der Waals surface area contributed by atoms with E-state index in [4.69, 9.17) is 4.52 Å². The van der Waals surface area contributed by atoms with Gasteiger partial charge in [-0.25, -0.2) is 0 Å². The minimum absolute atomic E-state index is 0.186. The molecule has 0 radical (unpaired) electrons. The van der Waals surface area contributed by atoms with Crippen LogP contribution in [0.3, 0.4) is 0 Å². The number of hydrogen-bond acceptors (Lipinski definition) is 5. The van der Waals surface area contributed by atoms with E-state index in [0.717, 1.165) is 22.3 Å². The minimum Gasteiger partial charge on any atom is -0.356 e. The number of carbonyl (C=O) groups is 3. The zero-order chi connectivity index (χ0) is 20.0. The van der Waals surface area contributed by atoms with Crippen molar-refractivity contribution in [3.8, 4) is 22.5 Å². The molecule has 0 bridgehead atoms. The second kappa shape index (κ2) is 6.70. The van der Waals surface area contributed by atoms with E-state index >= 15 is 0 Å². The number of amides is 3. The Balaban J connectivity index is 1.47. The average Bonchev–Trinajstić information content (AvgIpc) is 3.34. The van der Waals surface area contributed by atoms with Crippen LogP contribution in [0.2, 0.25) is 0 Å². The van der Waals surface area contributed by atoms with E-state index in [0.29, 0.717) is 24.3 Å². The van der Waals surface area contributed by atoms with Crippen LogP contribution in [0.5, 0.6) is 0 Å². The van der Waals surface area contributed by atoms with Gasteiger partial charge in [-0.1, -0.05) is 41.6 Å². The Morgan fingerprint density at radius 2 is 1.83 bits per heavy atom. The molecule has 0 saturated carbocycles. The summed E-state index contributed by atoms with van der Waals surface area (Å²) in [5, 5.41) is 6.27. The molecule has 0 spiro atoms. The monoisotopic (exact) mass is 387 g/mol. The van der Waals surface area contributed by atoms with Crippen LogP contribution in [0.25, 0.3) is 22.5 Å². The highest BCUT2D eigenvalue weighted by atomic mass is 16.5. The van der Waals surface area contributed by atoms with E-state index in [1.54, 1.807) is 17.2 Å². The molecule has 2 aliphatic rings. The molecule has 29 heavy (non-hydrogen) atoms. The van der Waals surface area contributed by atoms with Crippen molar-refractivity contribution in [2.75, 3.05) is 0 Å². The number of rotatable bonds is 3. The van der Waals surface area contributed by atoms with Crippen molar-refractivity contribution >= 4 is 17.7 Å². The fraction of sp³-hybridized carbons (Fsp3) is 0.182. The minimum atomic E-state index is -0.619. The van der Waals surface area contributed by atoms with Crippen molar-refractivity contribution in [1.82, 2.24) is 15.4 Å². The summed E-state index contributed by atoms with van der Waals surface area (Å²) >= 11 is 0. The van der Waals surface area contributed by atoms with Crippen molar-refractivity contribution in [3.05, 3.63) is 65.9 Å². The summed E-state index contributed by atoms with van der Waals surface area (Å²) in [6.45, 7) is 0.334. The van der Waals surface area contributed by atoms with E-state index in [-0.39, 0.29) is 18.2 Å². The van der Waals surface area contributed by atoms with Gasteiger partial charge in [0.15, 0.2) is 5.76 Å². The molecule has 1 aromatic heterocycles. The topological polar surface area (TPSA) is 92.5 Å². The maximum absolute atomic E-state index is 12.8. The predicted octanol–water partition coefficient (Wildman–Crippen LogP) is 2.77. The fourth-order valence-corrected chi connectivity index (χ4v) is 3.98. The first-order valence-corrected chi connectivity index (χ1v) is 9.40. The Morgan fingerprint density at radius 1 is 1.00 bits per heavy atom. The molecular formula is C22H17N3O4. The fourth-order valence-electron chi connectivity index (χ4n) is 3.98. The molecular weight excluding hydrogens is 370 g/mol. The third-order valence-electron chi connectivity index (χ3n) is 5.44. The number of aromatic nitrogens is 1. The Hall–Kier alpha value is -3.74. The predicted molar refractivity (Wildman–Crippen MR) is 103 cm³/mol. The molecule has 7 nitrogen and oxygen atoms in total. The van der Waals surface area contributed by atoms with Gasteiger partial charge >= 0.3 is 0 Å². The molecule has 2 aliphatic heterocycles. The van der Waals surface area contributed by atoms with Gasteiger partial charge in [0.2, 0.25) is 11.8 Å². The number of imide groups is 1. The molecule has 1 fully saturated rings. The highest BCUT2D eigenvalue weighted by Gasteiger charge is 2.39. The zero-order valence-electron chi connectivity index (χ0n) is 15.4. The number of hydrogen-bond donors (Lipinski definition) is 1. The largest absolute Gasteiger partial charge is 0.356 e. The lowest BCUT2D eigenvalue weighted by atomic mass is 9.99.